The van der Waals surface area contributed by atoms with Crippen LogP contribution in [0.15, 0.2) is 48.5 Å². The third-order valence-electron chi connectivity index (χ3n) is 3.27. The summed E-state index contributed by atoms with van der Waals surface area (Å²) < 4.78 is 2.05. The monoisotopic (exact) mass is 250 g/mol. The average molecular weight is 250 g/mol. The maximum atomic E-state index is 11.1. The van der Waals surface area contributed by atoms with Crippen molar-refractivity contribution in [3.63, 3.8) is 0 Å². The molecule has 19 heavy (non-hydrogen) atoms. The Labute approximate surface area is 111 Å². The van der Waals surface area contributed by atoms with Gasteiger partial charge in [0.1, 0.15) is 11.5 Å². The Morgan fingerprint density at radius 3 is 2.63 bits per heavy atom. The number of benzene rings is 1. The Balaban J connectivity index is 2.16. The van der Waals surface area contributed by atoms with Gasteiger partial charge in [0, 0.05) is 12.1 Å². The summed E-state index contributed by atoms with van der Waals surface area (Å²) in [4.78, 5) is 15.6. The molecule has 0 aliphatic heterocycles. The van der Waals surface area contributed by atoms with E-state index in [2.05, 4.69) is 21.5 Å². The molecule has 3 rings (SSSR count). The van der Waals surface area contributed by atoms with Gasteiger partial charge < -0.3 is 0 Å². The number of aldehydes is 1. The summed E-state index contributed by atoms with van der Waals surface area (Å²) in [5.74, 6) is 0.904. The fourth-order valence-electron chi connectivity index (χ4n) is 2.39. The first kappa shape index (κ1) is 11.7. The molecule has 0 N–H and O–H groups in total. The molecule has 94 valence electrons. The van der Waals surface area contributed by atoms with E-state index < -0.39 is 0 Å². The molecule has 0 bridgehead atoms. The number of carbonyl (C=O) groups excluding carboxylic acids is 1. The van der Waals surface area contributed by atoms with Crippen molar-refractivity contribution in [2.75, 3.05) is 0 Å². The quantitative estimate of drug-likeness (QED) is 0.669. The Hall–Kier alpha value is -2.42. The summed E-state index contributed by atoms with van der Waals surface area (Å²) in [7, 11) is 0. The molecule has 0 aliphatic carbocycles. The van der Waals surface area contributed by atoms with Crippen LogP contribution in [-0.4, -0.2) is 15.7 Å². The van der Waals surface area contributed by atoms with Gasteiger partial charge >= 0.3 is 0 Å². The number of hydrogen-bond donors (Lipinski definition) is 0. The zero-order valence-corrected chi connectivity index (χ0v) is 10.7. The van der Waals surface area contributed by atoms with E-state index in [9.17, 15) is 4.79 Å². The van der Waals surface area contributed by atoms with Crippen molar-refractivity contribution < 1.29 is 4.79 Å². The minimum Gasteiger partial charge on any atom is -0.300 e. The van der Waals surface area contributed by atoms with Gasteiger partial charge in [-0.15, -0.1) is 0 Å². The van der Waals surface area contributed by atoms with Gasteiger partial charge in [-0.1, -0.05) is 36.4 Å². The van der Waals surface area contributed by atoms with Gasteiger partial charge in [0.25, 0.3) is 0 Å². The SMILES string of the molecule is Cc1cccc2c(C=O)nc(Cc3ccccc3)n12. The summed E-state index contributed by atoms with van der Waals surface area (Å²) in [6.07, 6.45) is 1.55. The van der Waals surface area contributed by atoms with Gasteiger partial charge in [0.15, 0.2) is 6.29 Å². The highest BCUT2D eigenvalue weighted by molar-refractivity contribution is 5.84. The van der Waals surface area contributed by atoms with E-state index in [1.807, 2.05) is 43.3 Å². The van der Waals surface area contributed by atoms with Crippen molar-refractivity contribution in [3.05, 3.63) is 71.3 Å². The zero-order chi connectivity index (χ0) is 13.2. The number of aromatic nitrogens is 2. The van der Waals surface area contributed by atoms with Crippen LogP contribution in [0.5, 0.6) is 0 Å². The number of aryl methyl sites for hydroxylation is 1. The van der Waals surface area contributed by atoms with Gasteiger partial charge in [-0.05, 0) is 24.6 Å². The highest BCUT2D eigenvalue weighted by Crippen LogP contribution is 2.17. The second kappa shape index (κ2) is 4.69. The first-order chi connectivity index (χ1) is 9.29. The Bertz CT molecular complexity index is 729. The smallest absolute Gasteiger partial charge is 0.170 e. The molecular weight excluding hydrogens is 236 g/mol. The number of hydrogen-bond acceptors (Lipinski definition) is 2. The first-order valence-electron chi connectivity index (χ1n) is 6.25. The van der Waals surface area contributed by atoms with E-state index in [4.69, 9.17) is 0 Å². The molecule has 0 radical (unpaired) electrons. The molecule has 0 spiro atoms. The zero-order valence-electron chi connectivity index (χ0n) is 10.7. The summed E-state index contributed by atoms with van der Waals surface area (Å²) in [5, 5.41) is 0. The van der Waals surface area contributed by atoms with Gasteiger partial charge in [0.05, 0.1) is 5.52 Å². The number of carbonyl (C=O) groups is 1. The number of fused-ring (bicyclic) bond motifs is 1. The summed E-state index contributed by atoms with van der Waals surface area (Å²) in [6, 6.07) is 16.1. The van der Waals surface area contributed by atoms with Crippen LogP contribution in [0.4, 0.5) is 0 Å². The Kier molecular flexibility index (Phi) is 2.88. The fraction of sp³-hybridized carbons (Fsp3) is 0.125. The van der Waals surface area contributed by atoms with Gasteiger partial charge in [-0.25, -0.2) is 4.98 Å². The highest BCUT2D eigenvalue weighted by Gasteiger charge is 2.11. The third kappa shape index (κ3) is 2.03. The summed E-state index contributed by atoms with van der Waals surface area (Å²) >= 11 is 0. The molecule has 0 unspecified atom stereocenters. The van der Waals surface area contributed by atoms with Crippen molar-refractivity contribution >= 4 is 11.8 Å². The molecule has 2 aromatic heterocycles. The standard InChI is InChI=1S/C16H14N2O/c1-12-6-5-9-15-14(11-19)17-16(18(12)15)10-13-7-3-2-4-8-13/h2-9,11H,10H2,1H3. The lowest BCUT2D eigenvalue weighted by atomic mass is 10.1. The molecule has 0 fully saturated rings. The van der Waals surface area contributed by atoms with E-state index in [1.54, 1.807) is 0 Å². The minimum atomic E-state index is 0.509. The van der Waals surface area contributed by atoms with Crippen molar-refractivity contribution in [1.82, 2.24) is 9.38 Å². The van der Waals surface area contributed by atoms with Crippen LogP contribution < -0.4 is 0 Å². The maximum Gasteiger partial charge on any atom is 0.170 e. The average Bonchev–Trinajstić information content (AvgIpc) is 2.79. The Morgan fingerprint density at radius 2 is 1.89 bits per heavy atom. The number of pyridine rings is 1. The minimum absolute atomic E-state index is 0.509. The van der Waals surface area contributed by atoms with Crippen LogP contribution in [0, 0.1) is 6.92 Å². The molecule has 3 aromatic rings. The molecule has 3 heteroatoms. The first-order valence-corrected chi connectivity index (χ1v) is 6.25. The van der Waals surface area contributed by atoms with Crippen molar-refractivity contribution in [3.8, 4) is 0 Å². The van der Waals surface area contributed by atoms with Crippen molar-refractivity contribution in [2.45, 2.75) is 13.3 Å². The van der Waals surface area contributed by atoms with Gasteiger partial charge in [-0.2, -0.15) is 0 Å². The van der Waals surface area contributed by atoms with Crippen molar-refractivity contribution in [2.24, 2.45) is 0 Å². The number of nitrogens with zero attached hydrogens (tertiary/aromatic N) is 2. The normalized spacial score (nSPS) is 10.8. The van der Waals surface area contributed by atoms with Crippen LogP contribution in [0.2, 0.25) is 0 Å². The van der Waals surface area contributed by atoms with Crippen LogP contribution in [-0.2, 0) is 6.42 Å². The molecule has 0 saturated heterocycles. The van der Waals surface area contributed by atoms with Gasteiger partial charge in [0.2, 0.25) is 0 Å². The van der Waals surface area contributed by atoms with Crippen LogP contribution in [0.1, 0.15) is 27.6 Å². The third-order valence-corrected chi connectivity index (χ3v) is 3.27. The number of rotatable bonds is 3. The topological polar surface area (TPSA) is 34.4 Å². The second-order valence-electron chi connectivity index (χ2n) is 4.58. The molecular formula is C16H14N2O. The fourth-order valence-corrected chi connectivity index (χ4v) is 2.39. The predicted octanol–water partition coefficient (Wildman–Crippen LogP) is 3.05. The van der Waals surface area contributed by atoms with Crippen LogP contribution in [0.25, 0.3) is 5.52 Å². The van der Waals surface area contributed by atoms with Crippen LogP contribution >= 0.6 is 0 Å². The lowest BCUT2D eigenvalue weighted by molar-refractivity contribution is 0.112. The van der Waals surface area contributed by atoms with E-state index in [0.29, 0.717) is 5.69 Å². The van der Waals surface area contributed by atoms with Gasteiger partial charge in [-0.3, -0.25) is 9.20 Å². The van der Waals surface area contributed by atoms with Crippen molar-refractivity contribution in [1.29, 1.82) is 0 Å². The summed E-state index contributed by atoms with van der Waals surface area (Å²) in [5.41, 5.74) is 3.66. The van der Waals surface area contributed by atoms with Crippen LogP contribution in [0.3, 0.4) is 0 Å². The number of imidazole rings is 1. The lowest BCUT2D eigenvalue weighted by Crippen LogP contribution is -1.99. The molecule has 3 nitrogen and oxygen atoms in total. The van der Waals surface area contributed by atoms with E-state index in [0.717, 1.165) is 29.7 Å². The molecule has 0 atom stereocenters. The lowest BCUT2D eigenvalue weighted by Gasteiger charge is -2.04. The predicted molar refractivity (Wildman–Crippen MR) is 74.6 cm³/mol. The largest absolute Gasteiger partial charge is 0.300 e. The Morgan fingerprint density at radius 1 is 1.11 bits per heavy atom. The molecule has 2 heterocycles. The summed E-state index contributed by atoms with van der Waals surface area (Å²) in [6.45, 7) is 2.03. The molecule has 0 amide bonds. The molecule has 1 aromatic carbocycles. The maximum absolute atomic E-state index is 11.1. The van der Waals surface area contributed by atoms with E-state index in [-0.39, 0.29) is 0 Å². The highest BCUT2D eigenvalue weighted by atomic mass is 16.1. The van der Waals surface area contributed by atoms with E-state index in [1.165, 1.54) is 5.56 Å². The molecule has 0 saturated carbocycles. The molecule has 0 aliphatic rings. The second-order valence-corrected chi connectivity index (χ2v) is 4.58. The van der Waals surface area contributed by atoms with E-state index >= 15 is 0 Å².